The largest absolute Gasteiger partial charge is 0.491 e. The van der Waals surface area contributed by atoms with Gasteiger partial charge in [-0.15, -0.1) is 0 Å². The predicted octanol–water partition coefficient (Wildman–Crippen LogP) is 0.667. The molecule has 0 saturated heterocycles. The molecule has 0 spiro atoms. The topological polar surface area (TPSA) is 29.5 Å². The van der Waals surface area contributed by atoms with Crippen LogP contribution in [0.4, 0.5) is 0 Å². The van der Waals surface area contributed by atoms with Crippen LogP contribution < -0.4 is 5.46 Å². The third kappa shape index (κ3) is 1.22. The second kappa shape index (κ2) is 2.62. The van der Waals surface area contributed by atoms with E-state index in [0.717, 1.165) is 15.5 Å². The zero-order valence-corrected chi connectivity index (χ0v) is 7.34. The molecule has 11 heavy (non-hydrogen) atoms. The van der Waals surface area contributed by atoms with Gasteiger partial charge in [0.05, 0.1) is 6.61 Å². The van der Waals surface area contributed by atoms with E-state index in [1.165, 1.54) is 0 Å². The number of rotatable bonds is 0. The molecule has 0 bridgehead atoms. The maximum absolute atomic E-state index is 9.26. The van der Waals surface area contributed by atoms with Crippen molar-refractivity contribution >= 4 is 28.5 Å². The molecular formula is C7H6BBrO2. The van der Waals surface area contributed by atoms with Gasteiger partial charge in [-0.05, 0) is 23.2 Å². The van der Waals surface area contributed by atoms with Crippen LogP contribution in [0.25, 0.3) is 0 Å². The van der Waals surface area contributed by atoms with E-state index in [4.69, 9.17) is 4.65 Å². The standard InChI is InChI=1S/C7H6BBrO2/c9-6-2-1-5-4-11-8(10)7(5)3-6/h1-3,10H,4H2. The SMILES string of the molecule is OB1OCc2ccc(Br)cc21. The van der Waals surface area contributed by atoms with Crippen molar-refractivity contribution in [3.8, 4) is 0 Å². The lowest BCUT2D eigenvalue weighted by Crippen LogP contribution is -2.27. The fourth-order valence-corrected chi connectivity index (χ4v) is 1.56. The van der Waals surface area contributed by atoms with E-state index in [0.29, 0.717) is 6.61 Å². The van der Waals surface area contributed by atoms with E-state index in [9.17, 15) is 5.02 Å². The molecule has 56 valence electrons. The van der Waals surface area contributed by atoms with Crippen molar-refractivity contribution in [1.82, 2.24) is 0 Å². The Morgan fingerprint density at radius 2 is 2.36 bits per heavy atom. The van der Waals surface area contributed by atoms with E-state index < -0.39 is 7.12 Å². The fraction of sp³-hybridized carbons (Fsp3) is 0.143. The summed E-state index contributed by atoms with van der Waals surface area (Å²) < 4.78 is 5.99. The van der Waals surface area contributed by atoms with E-state index >= 15 is 0 Å². The highest BCUT2D eigenvalue weighted by Crippen LogP contribution is 2.14. The van der Waals surface area contributed by atoms with Crippen molar-refractivity contribution < 1.29 is 9.68 Å². The third-order valence-corrected chi connectivity index (χ3v) is 2.26. The summed E-state index contributed by atoms with van der Waals surface area (Å²) in [6.07, 6.45) is 0. The fourth-order valence-electron chi connectivity index (χ4n) is 1.19. The molecule has 2 nitrogen and oxygen atoms in total. The van der Waals surface area contributed by atoms with Crippen molar-refractivity contribution in [2.24, 2.45) is 0 Å². The first-order valence-corrected chi connectivity index (χ1v) is 4.14. The van der Waals surface area contributed by atoms with Crippen LogP contribution in [0.5, 0.6) is 0 Å². The second-order valence-electron chi connectivity index (χ2n) is 2.51. The maximum atomic E-state index is 9.26. The van der Waals surface area contributed by atoms with Crippen LogP contribution in [0.3, 0.4) is 0 Å². The van der Waals surface area contributed by atoms with Crippen LogP contribution in [0.2, 0.25) is 0 Å². The number of hydrogen-bond donors (Lipinski definition) is 1. The molecule has 0 saturated carbocycles. The first kappa shape index (κ1) is 7.34. The molecule has 0 fully saturated rings. The monoisotopic (exact) mass is 212 g/mol. The molecule has 1 aromatic rings. The molecule has 0 aliphatic carbocycles. The number of benzene rings is 1. The lowest BCUT2D eigenvalue weighted by atomic mass is 9.80. The highest BCUT2D eigenvalue weighted by molar-refractivity contribution is 9.10. The minimum absolute atomic E-state index is 0.518. The normalized spacial score (nSPS) is 15.3. The molecule has 4 heteroatoms. The Hall–Kier alpha value is -0.315. The zero-order chi connectivity index (χ0) is 7.84. The van der Waals surface area contributed by atoms with E-state index in [-0.39, 0.29) is 0 Å². The van der Waals surface area contributed by atoms with Crippen LogP contribution in [0.1, 0.15) is 5.56 Å². The Bertz CT molecular complexity index is 290. The third-order valence-electron chi connectivity index (χ3n) is 1.77. The predicted molar refractivity (Wildman–Crippen MR) is 46.5 cm³/mol. The summed E-state index contributed by atoms with van der Waals surface area (Å²) >= 11 is 3.33. The maximum Gasteiger partial charge on any atom is 0.491 e. The Kier molecular flexibility index (Phi) is 1.75. The summed E-state index contributed by atoms with van der Waals surface area (Å²) in [6, 6.07) is 5.78. The van der Waals surface area contributed by atoms with Crippen LogP contribution in [0.15, 0.2) is 22.7 Å². The van der Waals surface area contributed by atoms with E-state index in [1.54, 1.807) is 0 Å². The van der Waals surface area contributed by atoms with Gasteiger partial charge in [-0.2, -0.15) is 0 Å². The van der Waals surface area contributed by atoms with Crippen LogP contribution >= 0.6 is 15.9 Å². The molecule has 0 atom stereocenters. The molecule has 2 rings (SSSR count). The molecule has 0 unspecified atom stereocenters. The molecule has 0 amide bonds. The summed E-state index contributed by atoms with van der Waals surface area (Å²) in [6.45, 7) is 0.518. The summed E-state index contributed by atoms with van der Waals surface area (Å²) in [5.74, 6) is 0. The lowest BCUT2D eigenvalue weighted by molar-refractivity contribution is 0.275. The van der Waals surface area contributed by atoms with Gasteiger partial charge in [0.25, 0.3) is 0 Å². The Morgan fingerprint density at radius 1 is 1.55 bits per heavy atom. The highest BCUT2D eigenvalue weighted by Gasteiger charge is 2.26. The van der Waals surface area contributed by atoms with Gasteiger partial charge in [0.1, 0.15) is 0 Å². The van der Waals surface area contributed by atoms with Gasteiger partial charge in [0.15, 0.2) is 0 Å². The first-order valence-electron chi connectivity index (χ1n) is 3.35. The smallest absolute Gasteiger partial charge is 0.423 e. The summed E-state index contributed by atoms with van der Waals surface area (Å²) in [7, 11) is -0.734. The minimum atomic E-state index is -0.734. The quantitative estimate of drug-likeness (QED) is 0.641. The summed E-state index contributed by atoms with van der Waals surface area (Å²) in [5, 5.41) is 9.26. The van der Waals surface area contributed by atoms with Crippen LogP contribution in [-0.4, -0.2) is 12.1 Å². The molecule has 0 aromatic heterocycles. The lowest BCUT2D eigenvalue weighted by Gasteiger charge is -1.96. The van der Waals surface area contributed by atoms with Crippen LogP contribution in [0, 0.1) is 0 Å². The van der Waals surface area contributed by atoms with Gasteiger partial charge in [-0.1, -0.05) is 22.0 Å². The molecule has 1 aliphatic rings. The van der Waals surface area contributed by atoms with Crippen molar-refractivity contribution in [1.29, 1.82) is 0 Å². The summed E-state index contributed by atoms with van der Waals surface area (Å²) in [4.78, 5) is 0. The first-order chi connectivity index (χ1) is 5.27. The Morgan fingerprint density at radius 3 is 3.18 bits per heavy atom. The van der Waals surface area contributed by atoms with Crippen LogP contribution in [-0.2, 0) is 11.3 Å². The van der Waals surface area contributed by atoms with Gasteiger partial charge in [-0.3, -0.25) is 0 Å². The van der Waals surface area contributed by atoms with E-state index in [2.05, 4.69) is 15.9 Å². The van der Waals surface area contributed by atoms with Gasteiger partial charge < -0.3 is 9.68 Å². The Labute approximate surface area is 73.5 Å². The van der Waals surface area contributed by atoms with Gasteiger partial charge in [-0.25, -0.2) is 0 Å². The van der Waals surface area contributed by atoms with Gasteiger partial charge in [0, 0.05) is 4.47 Å². The second-order valence-corrected chi connectivity index (χ2v) is 3.42. The molecular weight excluding hydrogens is 207 g/mol. The highest BCUT2D eigenvalue weighted by atomic mass is 79.9. The average Bonchev–Trinajstić information content (AvgIpc) is 2.33. The molecule has 0 radical (unpaired) electrons. The van der Waals surface area contributed by atoms with Gasteiger partial charge >= 0.3 is 7.12 Å². The number of halogens is 1. The van der Waals surface area contributed by atoms with E-state index in [1.807, 2.05) is 18.2 Å². The van der Waals surface area contributed by atoms with Crippen molar-refractivity contribution in [3.63, 3.8) is 0 Å². The number of fused-ring (bicyclic) bond motifs is 1. The molecule has 1 N–H and O–H groups in total. The zero-order valence-electron chi connectivity index (χ0n) is 5.75. The van der Waals surface area contributed by atoms with Gasteiger partial charge in [0.2, 0.25) is 0 Å². The molecule has 1 heterocycles. The minimum Gasteiger partial charge on any atom is -0.423 e. The average molecular weight is 213 g/mol. The van der Waals surface area contributed by atoms with Crippen molar-refractivity contribution in [2.75, 3.05) is 0 Å². The molecule has 1 aliphatic heterocycles. The Balaban J connectivity index is 2.52. The molecule has 1 aromatic carbocycles. The number of hydrogen-bond acceptors (Lipinski definition) is 2. The van der Waals surface area contributed by atoms with Crippen molar-refractivity contribution in [3.05, 3.63) is 28.2 Å². The van der Waals surface area contributed by atoms with Crippen molar-refractivity contribution in [2.45, 2.75) is 6.61 Å². The summed E-state index contributed by atoms with van der Waals surface area (Å²) in [5.41, 5.74) is 1.94.